The maximum absolute atomic E-state index is 13.1. The number of nitrogens with zero attached hydrogens (tertiary/aromatic N) is 1. The van der Waals surface area contributed by atoms with Crippen LogP contribution in [-0.4, -0.2) is 25.5 Å². The predicted octanol–water partition coefficient (Wildman–Crippen LogP) is 2.68. The second-order valence-electron chi connectivity index (χ2n) is 6.95. The zero-order valence-corrected chi connectivity index (χ0v) is 14.8. The summed E-state index contributed by atoms with van der Waals surface area (Å²) < 4.78 is 5.14. The summed E-state index contributed by atoms with van der Waals surface area (Å²) in [6.45, 7) is 1.07. The molecular formula is C21H22N2O3. The van der Waals surface area contributed by atoms with Gasteiger partial charge in [0, 0.05) is 18.8 Å². The summed E-state index contributed by atoms with van der Waals surface area (Å²) in [4.78, 5) is 27.6. The molecule has 1 aliphatic heterocycles. The number of hydrogen-bond donors (Lipinski definition) is 1. The standard InChI is InChI=1S/C21H22N2O3/c1-26-17-8-6-15(7-9-17)14-22-19(24)21(11-12-21)20(25)23-13-10-16-4-2-3-5-18(16)23/h2-9H,10-14H2,1H3,(H,22,24). The van der Waals surface area contributed by atoms with Crippen molar-refractivity contribution in [3.8, 4) is 5.75 Å². The van der Waals surface area contributed by atoms with Gasteiger partial charge in [-0.25, -0.2) is 0 Å². The van der Waals surface area contributed by atoms with E-state index >= 15 is 0 Å². The highest BCUT2D eigenvalue weighted by Crippen LogP contribution is 2.49. The molecular weight excluding hydrogens is 328 g/mol. The lowest BCUT2D eigenvalue weighted by atomic mass is 10.0. The quantitative estimate of drug-likeness (QED) is 0.844. The minimum atomic E-state index is -0.885. The van der Waals surface area contributed by atoms with Crippen molar-refractivity contribution in [2.75, 3.05) is 18.6 Å². The SMILES string of the molecule is COc1ccc(CNC(=O)C2(C(=O)N3CCc4ccccc43)CC2)cc1. The average molecular weight is 350 g/mol. The predicted molar refractivity (Wildman–Crippen MR) is 99.0 cm³/mol. The highest BCUT2D eigenvalue weighted by Gasteiger charge is 2.58. The summed E-state index contributed by atoms with van der Waals surface area (Å²) in [5.74, 6) is 0.555. The van der Waals surface area contributed by atoms with Gasteiger partial charge in [0.2, 0.25) is 11.8 Å². The normalized spacial score (nSPS) is 16.7. The van der Waals surface area contributed by atoms with Crippen molar-refractivity contribution in [2.45, 2.75) is 25.8 Å². The van der Waals surface area contributed by atoms with E-state index in [9.17, 15) is 9.59 Å². The van der Waals surface area contributed by atoms with Gasteiger partial charge < -0.3 is 15.0 Å². The molecule has 0 saturated heterocycles. The maximum Gasteiger partial charge on any atom is 0.242 e. The lowest BCUT2D eigenvalue weighted by Gasteiger charge is -2.23. The summed E-state index contributed by atoms with van der Waals surface area (Å²) in [5.41, 5.74) is 2.22. The zero-order valence-electron chi connectivity index (χ0n) is 14.8. The summed E-state index contributed by atoms with van der Waals surface area (Å²) in [6.07, 6.45) is 2.10. The van der Waals surface area contributed by atoms with Crippen LogP contribution in [0.25, 0.3) is 0 Å². The molecule has 0 spiro atoms. The van der Waals surface area contributed by atoms with E-state index in [2.05, 4.69) is 5.32 Å². The number of nitrogens with one attached hydrogen (secondary N) is 1. The Kier molecular flexibility index (Phi) is 4.15. The van der Waals surface area contributed by atoms with E-state index in [0.29, 0.717) is 25.9 Å². The summed E-state index contributed by atoms with van der Waals surface area (Å²) >= 11 is 0. The molecule has 0 atom stereocenters. The molecule has 4 rings (SSSR count). The zero-order chi connectivity index (χ0) is 18.1. The van der Waals surface area contributed by atoms with Gasteiger partial charge in [0.25, 0.3) is 0 Å². The molecule has 5 nitrogen and oxygen atoms in total. The minimum absolute atomic E-state index is 0.0605. The number of fused-ring (bicyclic) bond motifs is 1. The largest absolute Gasteiger partial charge is 0.497 e. The third kappa shape index (κ3) is 2.83. The van der Waals surface area contributed by atoms with Crippen molar-refractivity contribution in [1.29, 1.82) is 0 Å². The number of para-hydroxylation sites is 1. The van der Waals surface area contributed by atoms with E-state index < -0.39 is 5.41 Å². The van der Waals surface area contributed by atoms with Gasteiger partial charge in [0.15, 0.2) is 0 Å². The van der Waals surface area contributed by atoms with Crippen LogP contribution in [0.3, 0.4) is 0 Å². The van der Waals surface area contributed by atoms with Crippen LogP contribution < -0.4 is 15.0 Å². The van der Waals surface area contributed by atoms with E-state index in [1.54, 1.807) is 12.0 Å². The molecule has 0 radical (unpaired) electrons. The molecule has 2 amide bonds. The Morgan fingerprint density at radius 2 is 1.85 bits per heavy atom. The van der Waals surface area contributed by atoms with Gasteiger partial charge in [-0.3, -0.25) is 9.59 Å². The van der Waals surface area contributed by atoms with Crippen LogP contribution in [0.2, 0.25) is 0 Å². The first kappa shape index (κ1) is 16.6. The number of methoxy groups -OCH3 is 1. The van der Waals surface area contributed by atoms with Crippen LogP contribution in [0, 0.1) is 5.41 Å². The molecule has 0 unspecified atom stereocenters. The molecule has 0 aromatic heterocycles. The van der Waals surface area contributed by atoms with E-state index in [1.807, 2.05) is 48.5 Å². The van der Waals surface area contributed by atoms with E-state index in [1.165, 1.54) is 5.56 Å². The number of carbonyl (C=O) groups is 2. The lowest BCUT2D eigenvalue weighted by Crippen LogP contribution is -2.44. The Morgan fingerprint density at radius 3 is 2.54 bits per heavy atom. The van der Waals surface area contributed by atoms with Crippen LogP contribution in [0.1, 0.15) is 24.0 Å². The van der Waals surface area contributed by atoms with E-state index in [-0.39, 0.29) is 11.8 Å². The van der Waals surface area contributed by atoms with E-state index in [4.69, 9.17) is 4.74 Å². The van der Waals surface area contributed by atoms with Crippen LogP contribution in [-0.2, 0) is 22.6 Å². The van der Waals surface area contributed by atoms with Gasteiger partial charge >= 0.3 is 0 Å². The minimum Gasteiger partial charge on any atom is -0.497 e. The van der Waals surface area contributed by atoms with Gasteiger partial charge in [0.1, 0.15) is 11.2 Å². The fourth-order valence-electron chi connectivity index (χ4n) is 3.57. The van der Waals surface area contributed by atoms with Crippen LogP contribution in [0.5, 0.6) is 5.75 Å². The first-order valence-electron chi connectivity index (χ1n) is 8.95. The number of carbonyl (C=O) groups excluding carboxylic acids is 2. The van der Waals surface area contributed by atoms with Crippen molar-refractivity contribution >= 4 is 17.5 Å². The van der Waals surface area contributed by atoms with Crippen LogP contribution in [0.4, 0.5) is 5.69 Å². The topological polar surface area (TPSA) is 58.6 Å². The molecule has 1 N–H and O–H groups in total. The van der Waals surface area contributed by atoms with Gasteiger partial charge in [0.05, 0.1) is 7.11 Å². The number of rotatable bonds is 5. The van der Waals surface area contributed by atoms with Gasteiger partial charge in [-0.15, -0.1) is 0 Å². The van der Waals surface area contributed by atoms with Crippen LogP contribution >= 0.6 is 0 Å². The first-order valence-corrected chi connectivity index (χ1v) is 8.95. The average Bonchev–Trinajstić information content (AvgIpc) is 3.39. The van der Waals surface area contributed by atoms with Crippen molar-refractivity contribution in [1.82, 2.24) is 5.32 Å². The lowest BCUT2D eigenvalue weighted by molar-refractivity contribution is -0.135. The number of amides is 2. The molecule has 2 aromatic carbocycles. The van der Waals surface area contributed by atoms with Gasteiger partial charge in [-0.2, -0.15) is 0 Å². The van der Waals surface area contributed by atoms with Crippen LogP contribution in [0.15, 0.2) is 48.5 Å². The summed E-state index contributed by atoms with van der Waals surface area (Å²) in [6, 6.07) is 15.5. The molecule has 1 fully saturated rings. The number of ether oxygens (including phenoxy) is 1. The third-order valence-electron chi connectivity index (χ3n) is 5.34. The Balaban J connectivity index is 1.43. The Bertz CT molecular complexity index is 841. The second kappa shape index (κ2) is 6.48. The third-order valence-corrected chi connectivity index (χ3v) is 5.34. The van der Waals surface area contributed by atoms with Crippen molar-refractivity contribution in [3.63, 3.8) is 0 Å². The fraction of sp³-hybridized carbons (Fsp3) is 0.333. The summed E-state index contributed by atoms with van der Waals surface area (Å²) in [7, 11) is 1.62. The molecule has 5 heteroatoms. The Hall–Kier alpha value is -2.82. The molecule has 134 valence electrons. The molecule has 26 heavy (non-hydrogen) atoms. The smallest absolute Gasteiger partial charge is 0.242 e. The second-order valence-corrected chi connectivity index (χ2v) is 6.95. The summed E-state index contributed by atoms with van der Waals surface area (Å²) in [5, 5.41) is 2.94. The molecule has 2 aromatic rings. The highest BCUT2D eigenvalue weighted by atomic mass is 16.5. The first-order chi connectivity index (χ1) is 12.6. The van der Waals surface area contributed by atoms with E-state index in [0.717, 1.165) is 23.4 Å². The maximum atomic E-state index is 13.1. The van der Waals surface area contributed by atoms with Crippen molar-refractivity contribution < 1.29 is 14.3 Å². The Morgan fingerprint density at radius 1 is 1.12 bits per heavy atom. The monoisotopic (exact) mass is 350 g/mol. The van der Waals surface area contributed by atoms with Crippen molar-refractivity contribution in [3.05, 3.63) is 59.7 Å². The molecule has 1 saturated carbocycles. The van der Waals surface area contributed by atoms with Crippen molar-refractivity contribution in [2.24, 2.45) is 5.41 Å². The fourth-order valence-corrected chi connectivity index (χ4v) is 3.57. The number of benzene rings is 2. The number of anilines is 1. The highest BCUT2D eigenvalue weighted by molar-refractivity contribution is 6.14. The molecule has 0 bridgehead atoms. The molecule has 1 aliphatic carbocycles. The van der Waals surface area contributed by atoms with Gasteiger partial charge in [-0.1, -0.05) is 30.3 Å². The molecule has 1 heterocycles. The number of hydrogen-bond acceptors (Lipinski definition) is 3. The molecule has 2 aliphatic rings. The van der Waals surface area contributed by atoms with Gasteiger partial charge in [-0.05, 0) is 48.6 Å². The Labute approximate surface area is 153 Å².